The van der Waals surface area contributed by atoms with E-state index in [1.54, 1.807) is 12.1 Å². The van der Waals surface area contributed by atoms with E-state index in [0.717, 1.165) is 34.9 Å². The van der Waals surface area contributed by atoms with Gasteiger partial charge in [0.2, 0.25) is 0 Å². The van der Waals surface area contributed by atoms with E-state index < -0.39 is 16.1 Å². The fraction of sp³-hybridized carbons (Fsp3) is 0.227. The summed E-state index contributed by atoms with van der Waals surface area (Å²) in [6.07, 6.45) is 2.48. The second-order valence-corrected chi connectivity index (χ2v) is 11.6. The summed E-state index contributed by atoms with van der Waals surface area (Å²) in [5.41, 5.74) is 4.97. The van der Waals surface area contributed by atoms with Crippen molar-refractivity contribution in [2.24, 2.45) is 0 Å². The molecule has 0 atom stereocenters. The summed E-state index contributed by atoms with van der Waals surface area (Å²) in [5, 5.41) is 9.53. The fourth-order valence-electron chi connectivity index (χ4n) is 3.58. The van der Waals surface area contributed by atoms with Crippen molar-refractivity contribution in [3.8, 4) is 0 Å². The van der Waals surface area contributed by atoms with Crippen LogP contribution >= 0.6 is 22.9 Å². The van der Waals surface area contributed by atoms with Crippen molar-refractivity contribution in [3.63, 3.8) is 0 Å². The number of carbonyl (C=O) groups is 1. The van der Waals surface area contributed by atoms with E-state index >= 15 is 0 Å². The number of halogens is 1. The summed E-state index contributed by atoms with van der Waals surface area (Å²) in [7, 11) is -3.97. The van der Waals surface area contributed by atoms with Gasteiger partial charge in [-0.05, 0) is 66.9 Å². The molecular formula is C22H22ClN5O3S2. The monoisotopic (exact) mass is 503 g/mol. The van der Waals surface area contributed by atoms with Gasteiger partial charge in [-0.25, -0.2) is 17.9 Å². The Hall–Kier alpha value is -2.95. The van der Waals surface area contributed by atoms with E-state index in [1.807, 2.05) is 16.9 Å². The van der Waals surface area contributed by atoms with Gasteiger partial charge >= 0.3 is 6.03 Å². The number of benzene rings is 2. The molecule has 172 valence electrons. The number of thiophene rings is 1. The van der Waals surface area contributed by atoms with Crippen LogP contribution in [0.1, 0.15) is 18.4 Å². The van der Waals surface area contributed by atoms with Gasteiger partial charge in [0, 0.05) is 35.3 Å². The van der Waals surface area contributed by atoms with Crippen molar-refractivity contribution >= 4 is 61.7 Å². The number of rotatable bonds is 6. The molecule has 1 saturated carbocycles. The van der Waals surface area contributed by atoms with E-state index in [1.165, 1.54) is 30.5 Å². The minimum atomic E-state index is -3.97. The van der Waals surface area contributed by atoms with Crippen LogP contribution in [0.5, 0.6) is 0 Å². The average molecular weight is 504 g/mol. The number of sulfonamides is 1. The molecule has 2 amide bonds. The number of nitrogens with zero attached hydrogens (tertiary/aromatic N) is 1. The smallest absolute Gasteiger partial charge is 0.333 e. The predicted molar refractivity (Wildman–Crippen MR) is 133 cm³/mol. The number of anilines is 4. The van der Waals surface area contributed by atoms with Crippen LogP contribution in [0.3, 0.4) is 0 Å². The van der Waals surface area contributed by atoms with Crippen LogP contribution in [0, 0.1) is 0 Å². The second kappa shape index (κ2) is 8.77. The molecule has 4 N–H and O–H groups in total. The van der Waals surface area contributed by atoms with Crippen molar-refractivity contribution < 1.29 is 13.2 Å². The normalized spacial score (nSPS) is 15.4. The summed E-state index contributed by atoms with van der Waals surface area (Å²) in [5.74, 6) is 0. The van der Waals surface area contributed by atoms with Crippen LogP contribution in [0.15, 0.2) is 58.8 Å². The van der Waals surface area contributed by atoms with Crippen molar-refractivity contribution in [1.29, 1.82) is 0 Å². The Morgan fingerprint density at radius 1 is 1.06 bits per heavy atom. The Bertz CT molecular complexity index is 1290. The molecule has 1 fully saturated rings. The Morgan fingerprint density at radius 2 is 1.82 bits per heavy atom. The molecule has 11 heteroatoms. The Labute approximate surface area is 201 Å². The molecule has 1 aliphatic heterocycles. The standard InChI is InChI=1S/C22H22ClN5O3S2/c23-20-9-10-21(32-20)33(30,31)27-22(29)26-16-5-7-18(8-6-16)28-12-14-1-2-17(25-15-3-4-15)11-19(14)24-13-28/h1-2,5-11,15,24-25H,3-4,12-13H2,(H2,26,27,29). The van der Waals surface area contributed by atoms with Crippen molar-refractivity contribution in [2.45, 2.75) is 29.6 Å². The molecule has 8 nitrogen and oxygen atoms in total. The van der Waals surface area contributed by atoms with Gasteiger partial charge in [-0.1, -0.05) is 17.7 Å². The SMILES string of the molecule is O=C(Nc1ccc(N2CNc3cc(NC4CC4)ccc3C2)cc1)NS(=O)(=O)c1ccc(Cl)s1. The molecule has 0 saturated heterocycles. The number of urea groups is 1. The van der Waals surface area contributed by atoms with Crippen LogP contribution in [0.4, 0.5) is 27.5 Å². The lowest BCUT2D eigenvalue weighted by Crippen LogP contribution is -2.34. The summed E-state index contributed by atoms with van der Waals surface area (Å²) in [6.45, 7) is 1.43. The molecule has 0 bridgehead atoms. The lowest BCUT2D eigenvalue weighted by molar-refractivity contribution is 0.256. The lowest BCUT2D eigenvalue weighted by Gasteiger charge is -2.32. The Kier molecular flexibility index (Phi) is 5.81. The third kappa shape index (κ3) is 5.18. The first-order valence-electron chi connectivity index (χ1n) is 10.4. The molecule has 3 aromatic rings. The van der Waals surface area contributed by atoms with Gasteiger partial charge in [0.25, 0.3) is 10.0 Å². The molecule has 0 spiro atoms. The number of hydrogen-bond donors (Lipinski definition) is 4. The number of amides is 2. The molecule has 0 unspecified atom stereocenters. The highest BCUT2D eigenvalue weighted by atomic mass is 35.5. The number of nitrogens with one attached hydrogen (secondary N) is 4. The first-order valence-corrected chi connectivity index (χ1v) is 13.1. The molecule has 1 aromatic heterocycles. The van der Waals surface area contributed by atoms with Gasteiger partial charge in [-0.15, -0.1) is 11.3 Å². The lowest BCUT2D eigenvalue weighted by atomic mass is 10.1. The molecule has 2 heterocycles. The average Bonchev–Trinajstić information content (AvgIpc) is 3.49. The van der Waals surface area contributed by atoms with Crippen LogP contribution in [0.25, 0.3) is 0 Å². The maximum Gasteiger partial charge on any atom is 0.333 e. The topological polar surface area (TPSA) is 103 Å². The quantitative estimate of drug-likeness (QED) is 0.382. The van der Waals surface area contributed by atoms with Gasteiger partial charge in [-0.3, -0.25) is 0 Å². The molecule has 2 aromatic carbocycles. The number of carbonyl (C=O) groups excluding carboxylic acids is 1. The zero-order valence-corrected chi connectivity index (χ0v) is 19.9. The molecule has 33 heavy (non-hydrogen) atoms. The van der Waals surface area contributed by atoms with Gasteiger partial charge in [0.15, 0.2) is 0 Å². The van der Waals surface area contributed by atoms with E-state index in [4.69, 9.17) is 11.6 Å². The van der Waals surface area contributed by atoms with Crippen LogP contribution in [-0.2, 0) is 16.6 Å². The van der Waals surface area contributed by atoms with E-state index in [-0.39, 0.29) is 4.21 Å². The highest BCUT2D eigenvalue weighted by Crippen LogP contribution is 2.31. The zero-order chi connectivity index (χ0) is 23.0. The fourth-order valence-corrected chi connectivity index (χ4v) is 5.97. The predicted octanol–water partition coefficient (Wildman–Crippen LogP) is 4.88. The number of fused-ring (bicyclic) bond motifs is 1. The number of hydrogen-bond acceptors (Lipinski definition) is 7. The summed E-state index contributed by atoms with van der Waals surface area (Å²) in [4.78, 5) is 14.4. The third-order valence-corrected chi connectivity index (χ3v) is 8.46. The molecule has 5 rings (SSSR count). The minimum absolute atomic E-state index is 0.0219. The van der Waals surface area contributed by atoms with Gasteiger partial charge < -0.3 is 20.9 Å². The molecular weight excluding hydrogens is 482 g/mol. The summed E-state index contributed by atoms with van der Waals surface area (Å²) >= 11 is 6.66. The summed E-state index contributed by atoms with van der Waals surface area (Å²) < 4.78 is 26.8. The van der Waals surface area contributed by atoms with Crippen molar-refractivity contribution in [3.05, 3.63) is 64.5 Å². The van der Waals surface area contributed by atoms with Crippen molar-refractivity contribution in [1.82, 2.24) is 4.72 Å². The second-order valence-electron chi connectivity index (χ2n) is 7.99. The molecule has 1 aliphatic carbocycles. The zero-order valence-electron chi connectivity index (χ0n) is 17.5. The first kappa shape index (κ1) is 21.9. The van der Waals surface area contributed by atoms with Crippen LogP contribution < -0.4 is 25.6 Å². The minimum Gasteiger partial charge on any atom is -0.382 e. The van der Waals surface area contributed by atoms with E-state index in [0.29, 0.717) is 22.7 Å². The van der Waals surface area contributed by atoms with Gasteiger partial charge in [0.1, 0.15) is 4.21 Å². The van der Waals surface area contributed by atoms with Crippen LogP contribution in [0.2, 0.25) is 4.34 Å². The van der Waals surface area contributed by atoms with Gasteiger partial charge in [-0.2, -0.15) is 0 Å². The maximum absolute atomic E-state index is 12.2. The molecule has 0 radical (unpaired) electrons. The Morgan fingerprint density at radius 3 is 2.52 bits per heavy atom. The highest BCUT2D eigenvalue weighted by molar-refractivity contribution is 7.92. The molecule has 2 aliphatic rings. The van der Waals surface area contributed by atoms with Crippen LogP contribution in [-0.4, -0.2) is 27.2 Å². The van der Waals surface area contributed by atoms with E-state index in [2.05, 4.69) is 39.0 Å². The van der Waals surface area contributed by atoms with Gasteiger partial charge in [0.05, 0.1) is 11.0 Å². The summed E-state index contributed by atoms with van der Waals surface area (Å²) in [6, 6.07) is 16.3. The highest BCUT2D eigenvalue weighted by Gasteiger charge is 2.22. The Balaban J connectivity index is 1.19. The van der Waals surface area contributed by atoms with E-state index in [9.17, 15) is 13.2 Å². The largest absolute Gasteiger partial charge is 0.382 e. The third-order valence-electron chi connectivity index (χ3n) is 5.41. The maximum atomic E-state index is 12.2. The van der Waals surface area contributed by atoms with Crippen molar-refractivity contribution in [2.75, 3.05) is 27.5 Å². The first-order chi connectivity index (χ1) is 15.9.